The summed E-state index contributed by atoms with van der Waals surface area (Å²) < 4.78 is 0. The summed E-state index contributed by atoms with van der Waals surface area (Å²) in [7, 11) is 4.30. The maximum absolute atomic E-state index is 3.41. The van der Waals surface area contributed by atoms with Crippen LogP contribution in [0.25, 0.3) is 0 Å². The zero-order valence-corrected chi connectivity index (χ0v) is 14.8. The monoisotopic (exact) mass is 297 g/mol. The lowest BCUT2D eigenvalue weighted by atomic mass is 10.2. The van der Waals surface area contributed by atoms with E-state index in [0.717, 1.165) is 32.7 Å². The third-order valence-corrected chi connectivity index (χ3v) is 4.75. The Morgan fingerprint density at radius 1 is 1.30 bits per heavy atom. The van der Waals surface area contributed by atoms with E-state index >= 15 is 0 Å². The Morgan fingerprint density at radius 2 is 2.00 bits per heavy atom. The van der Waals surface area contributed by atoms with Gasteiger partial charge >= 0.3 is 0 Å². The predicted molar refractivity (Wildman–Crippen MR) is 90.5 cm³/mol. The van der Waals surface area contributed by atoms with Crippen molar-refractivity contribution in [1.29, 1.82) is 0 Å². The lowest BCUT2D eigenvalue weighted by Crippen LogP contribution is -2.39. The summed E-state index contributed by atoms with van der Waals surface area (Å²) in [5, 5.41) is 3.41. The standard InChI is InChI=1S/C16H31N3S/c1-7-17-10-16-9-15(14(4)20-16)12-19(8-2)13(3)11-18(5)6/h9,13,17H,7-8,10-12H2,1-6H3. The van der Waals surface area contributed by atoms with E-state index in [1.54, 1.807) is 0 Å². The minimum absolute atomic E-state index is 0.589. The molecule has 1 heterocycles. The highest BCUT2D eigenvalue weighted by atomic mass is 32.1. The molecule has 0 bridgehead atoms. The van der Waals surface area contributed by atoms with Gasteiger partial charge in [0.05, 0.1) is 0 Å². The van der Waals surface area contributed by atoms with E-state index in [-0.39, 0.29) is 0 Å². The number of aryl methyl sites for hydroxylation is 1. The van der Waals surface area contributed by atoms with Crippen molar-refractivity contribution < 1.29 is 0 Å². The maximum Gasteiger partial charge on any atom is 0.0299 e. The largest absolute Gasteiger partial charge is 0.312 e. The highest BCUT2D eigenvalue weighted by Crippen LogP contribution is 2.23. The van der Waals surface area contributed by atoms with Gasteiger partial charge in [0, 0.05) is 35.4 Å². The number of rotatable bonds is 9. The second kappa shape index (κ2) is 8.78. The molecule has 1 rings (SSSR count). The van der Waals surface area contributed by atoms with E-state index in [9.17, 15) is 0 Å². The fraction of sp³-hybridized carbons (Fsp3) is 0.750. The SMILES string of the molecule is CCNCc1cc(CN(CC)C(C)CN(C)C)c(C)s1. The van der Waals surface area contributed by atoms with Gasteiger partial charge in [0.15, 0.2) is 0 Å². The van der Waals surface area contributed by atoms with Crippen molar-refractivity contribution in [3.63, 3.8) is 0 Å². The van der Waals surface area contributed by atoms with Gasteiger partial charge < -0.3 is 10.2 Å². The summed E-state index contributed by atoms with van der Waals surface area (Å²) >= 11 is 1.93. The van der Waals surface area contributed by atoms with Crippen LogP contribution in [0.4, 0.5) is 0 Å². The molecule has 0 saturated heterocycles. The molecule has 0 spiro atoms. The van der Waals surface area contributed by atoms with Crippen molar-refractivity contribution in [3.05, 3.63) is 21.4 Å². The first-order valence-corrected chi connectivity index (χ1v) is 8.47. The van der Waals surface area contributed by atoms with Gasteiger partial charge in [0.1, 0.15) is 0 Å². The van der Waals surface area contributed by atoms with Crippen LogP contribution < -0.4 is 5.32 Å². The average Bonchev–Trinajstić information content (AvgIpc) is 2.73. The Bertz CT molecular complexity index is 387. The van der Waals surface area contributed by atoms with E-state index in [4.69, 9.17) is 0 Å². The van der Waals surface area contributed by atoms with Gasteiger partial charge in [-0.1, -0.05) is 13.8 Å². The molecule has 1 unspecified atom stereocenters. The molecule has 4 heteroatoms. The summed E-state index contributed by atoms with van der Waals surface area (Å²) in [4.78, 5) is 7.75. The number of likely N-dealkylation sites (N-methyl/N-ethyl adjacent to an activating group) is 2. The second-order valence-corrected chi connectivity index (χ2v) is 7.09. The molecule has 0 aliphatic carbocycles. The van der Waals surface area contributed by atoms with Crippen LogP contribution in [0, 0.1) is 6.92 Å². The molecule has 1 aromatic heterocycles. The van der Waals surface area contributed by atoms with Gasteiger partial charge in [-0.05, 0) is 52.7 Å². The Balaban J connectivity index is 2.67. The zero-order valence-electron chi connectivity index (χ0n) is 14.0. The number of hydrogen-bond acceptors (Lipinski definition) is 4. The summed E-state index contributed by atoms with van der Waals surface area (Å²) in [6.07, 6.45) is 0. The second-order valence-electron chi connectivity index (χ2n) is 5.75. The van der Waals surface area contributed by atoms with Gasteiger partial charge in [0.25, 0.3) is 0 Å². The first-order valence-electron chi connectivity index (χ1n) is 7.65. The third kappa shape index (κ3) is 5.52. The quantitative estimate of drug-likeness (QED) is 0.756. The van der Waals surface area contributed by atoms with Crippen molar-refractivity contribution in [3.8, 4) is 0 Å². The third-order valence-electron chi connectivity index (χ3n) is 3.65. The highest BCUT2D eigenvalue weighted by Gasteiger charge is 2.15. The van der Waals surface area contributed by atoms with Crippen LogP contribution in [-0.4, -0.2) is 49.6 Å². The zero-order chi connectivity index (χ0) is 15.1. The molecule has 1 N–H and O–H groups in total. The van der Waals surface area contributed by atoms with Crippen LogP contribution in [0.5, 0.6) is 0 Å². The lowest BCUT2D eigenvalue weighted by Gasteiger charge is -2.30. The summed E-state index contributed by atoms with van der Waals surface area (Å²) in [6, 6.07) is 2.97. The number of hydrogen-bond donors (Lipinski definition) is 1. The molecule has 0 amide bonds. The molecule has 20 heavy (non-hydrogen) atoms. The van der Waals surface area contributed by atoms with Crippen LogP contribution in [-0.2, 0) is 13.1 Å². The topological polar surface area (TPSA) is 18.5 Å². The molecule has 3 nitrogen and oxygen atoms in total. The van der Waals surface area contributed by atoms with Gasteiger partial charge in [-0.3, -0.25) is 4.90 Å². The van der Waals surface area contributed by atoms with E-state index < -0.39 is 0 Å². The Hall–Kier alpha value is -0.420. The highest BCUT2D eigenvalue weighted by molar-refractivity contribution is 7.12. The normalized spacial score (nSPS) is 13.4. The molecular formula is C16H31N3S. The number of nitrogens with zero attached hydrogens (tertiary/aromatic N) is 2. The minimum Gasteiger partial charge on any atom is -0.312 e. The predicted octanol–water partition coefficient (Wildman–Crippen LogP) is 2.94. The Morgan fingerprint density at radius 3 is 2.55 bits per heavy atom. The Labute approximate surface area is 129 Å². The van der Waals surface area contributed by atoms with Gasteiger partial charge in [-0.2, -0.15) is 0 Å². The van der Waals surface area contributed by atoms with Crippen LogP contribution in [0.2, 0.25) is 0 Å². The van der Waals surface area contributed by atoms with Gasteiger partial charge in [-0.25, -0.2) is 0 Å². The van der Waals surface area contributed by atoms with Gasteiger partial charge in [-0.15, -0.1) is 11.3 Å². The molecule has 0 saturated carbocycles. The van der Waals surface area contributed by atoms with Gasteiger partial charge in [0.2, 0.25) is 0 Å². The number of thiophene rings is 1. The molecule has 1 atom stereocenters. The van der Waals surface area contributed by atoms with Crippen molar-refractivity contribution >= 4 is 11.3 Å². The van der Waals surface area contributed by atoms with Crippen LogP contribution in [0.3, 0.4) is 0 Å². The van der Waals surface area contributed by atoms with Crippen LogP contribution in [0.1, 0.15) is 36.1 Å². The molecular weight excluding hydrogens is 266 g/mol. The van der Waals surface area contributed by atoms with Crippen molar-refractivity contribution in [2.45, 2.75) is 46.8 Å². The molecule has 0 fully saturated rings. The molecule has 0 aliphatic rings. The number of nitrogens with one attached hydrogen (secondary N) is 1. The van der Waals surface area contributed by atoms with E-state index in [0.29, 0.717) is 6.04 Å². The molecule has 0 aromatic carbocycles. The fourth-order valence-corrected chi connectivity index (χ4v) is 3.55. The van der Waals surface area contributed by atoms with Crippen molar-refractivity contribution in [2.75, 3.05) is 33.7 Å². The summed E-state index contributed by atoms with van der Waals surface area (Å²) in [5.74, 6) is 0. The summed E-state index contributed by atoms with van der Waals surface area (Å²) in [5.41, 5.74) is 1.50. The Kier molecular flexibility index (Phi) is 7.74. The molecule has 116 valence electrons. The van der Waals surface area contributed by atoms with E-state index in [1.807, 2.05) is 11.3 Å². The minimum atomic E-state index is 0.589. The fourth-order valence-electron chi connectivity index (χ4n) is 2.52. The smallest absolute Gasteiger partial charge is 0.0299 e. The first-order chi connectivity index (χ1) is 9.47. The van der Waals surface area contributed by atoms with Crippen molar-refractivity contribution in [1.82, 2.24) is 15.1 Å². The van der Waals surface area contributed by atoms with Crippen LogP contribution in [0.15, 0.2) is 6.07 Å². The molecule has 0 radical (unpaired) electrons. The maximum atomic E-state index is 3.41. The molecule has 0 aliphatic heterocycles. The lowest BCUT2D eigenvalue weighted by molar-refractivity contribution is 0.174. The van der Waals surface area contributed by atoms with E-state index in [2.05, 4.69) is 63.0 Å². The van der Waals surface area contributed by atoms with E-state index in [1.165, 1.54) is 15.3 Å². The van der Waals surface area contributed by atoms with Crippen molar-refractivity contribution in [2.24, 2.45) is 0 Å². The average molecular weight is 298 g/mol. The summed E-state index contributed by atoms with van der Waals surface area (Å²) in [6.45, 7) is 14.3. The first kappa shape index (κ1) is 17.6. The molecule has 1 aromatic rings. The van der Waals surface area contributed by atoms with Crippen LogP contribution >= 0.6 is 11.3 Å².